The quantitative estimate of drug-likeness (QED) is 0.334. The predicted octanol–water partition coefficient (Wildman–Crippen LogP) is 4.47. The van der Waals surface area contributed by atoms with Gasteiger partial charge in [0.25, 0.3) is 6.43 Å². The Labute approximate surface area is 201 Å². The maximum absolute atomic E-state index is 14.4. The summed E-state index contributed by atoms with van der Waals surface area (Å²) in [6.07, 6.45) is -7.42. The van der Waals surface area contributed by atoms with E-state index in [-0.39, 0.29) is 44.5 Å². The summed E-state index contributed by atoms with van der Waals surface area (Å²) in [6.45, 7) is 0. The van der Waals surface area contributed by atoms with Gasteiger partial charge in [0.2, 0.25) is 5.95 Å². The van der Waals surface area contributed by atoms with Crippen molar-refractivity contribution in [2.24, 2.45) is 0 Å². The highest BCUT2D eigenvalue weighted by Crippen LogP contribution is 2.30. The summed E-state index contributed by atoms with van der Waals surface area (Å²) in [5, 5.41) is 5.17. The first kappa shape index (κ1) is 25.3. The predicted molar refractivity (Wildman–Crippen MR) is 115 cm³/mol. The summed E-state index contributed by atoms with van der Waals surface area (Å²) >= 11 is 0. The molecule has 2 aromatic heterocycles. The normalized spacial score (nSPS) is 11.6. The van der Waals surface area contributed by atoms with Gasteiger partial charge in [-0.1, -0.05) is 4.73 Å². The Balaban J connectivity index is 1.62. The molecule has 4 rings (SSSR count). The molecule has 0 spiro atoms. The van der Waals surface area contributed by atoms with E-state index in [9.17, 15) is 35.9 Å². The van der Waals surface area contributed by atoms with Crippen LogP contribution >= 0.6 is 0 Å². The lowest BCUT2D eigenvalue weighted by atomic mass is 10.2. The van der Waals surface area contributed by atoms with Crippen molar-refractivity contribution < 1.29 is 45.1 Å². The number of anilines is 4. The Kier molecular flexibility index (Phi) is 6.65. The number of hydrogen-bond donors (Lipinski definition) is 2. The number of hydrogen-bond acceptors (Lipinski definition) is 9. The molecule has 0 fully saturated rings. The van der Waals surface area contributed by atoms with Crippen molar-refractivity contribution in [3.05, 3.63) is 64.5 Å². The minimum Gasteiger partial charge on any atom is -0.497 e. The first-order chi connectivity index (χ1) is 17.4. The van der Waals surface area contributed by atoms with Crippen LogP contribution in [0.1, 0.15) is 12.0 Å². The van der Waals surface area contributed by atoms with Gasteiger partial charge in [-0.15, -0.1) is 0 Å². The van der Waals surface area contributed by atoms with Crippen molar-refractivity contribution in [1.29, 1.82) is 0 Å². The standard InChI is InChI=1S/C21H13F6N5O5/c1-35-12-5-9(16(23)24)4-11(6-12)30-19-28-8-13(22)17(31-19)29-10-2-3-15-14(7-10)32(20(34)36-15)37-18(33)21(25,26)27/h2-8,16H,1H3,(H2,28,29,30,31). The number of halogens is 6. The second-order valence-corrected chi connectivity index (χ2v) is 7.16. The number of methoxy groups -OCH3 is 1. The highest BCUT2D eigenvalue weighted by atomic mass is 19.4. The molecule has 0 unspecified atom stereocenters. The Hall–Kier alpha value is -4.76. The number of ether oxygens (including phenoxy) is 1. The number of rotatable bonds is 7. The van der Waals surface area contributed by atoms with Gasteiger partial charge in [-0.2, -0.15) is 18.2 Å². The summed E-state index contributed by atoms with van der Waals surface area (Å²) in [5.41, 5.74) is -0.856. The van der Waals surface area contributed by atoms with E-state index in [1.165, 1.54) is 19.2 Å². The molecule has 0 aliphatic rings. The van der Waals surface area contributed by atoms with Gasteiger partial charge < -0.3 is 24.6 Å². The molecule has 0 saturated heterocycles. The first-order valence-corrected chi connectivity index (χ1v) is 9.93. The summed E-state index contributed by atoms with van der Waals surface area (Å²) in [4.78, 5) is 34.7. The minimum absolute atomic E-state index is 0.00461. The molecule has 0 atom stereocenters. The van der Waals surface area contributed by atoms with Gasteiger partial charge in [0.1, 0.15) is 11.3 Å². The molecule has 10 nitrogen and oxygen atoms in total. The molecule has 0 amide bonds. The molecule has 0 aliphatic heterocycles. The third-order valence-corrected chi connectivity index (χ3v) is 4.63. The zero-order valence-electron chi connectivity index (χ0n) is 18.3. The number of alkyl halides is 5. The third-order valence-electron chi connectivity index (χ3n) is 4.63. The van der Waals surface area contributed by atoms with Crippen LogP contribution in [0.4, 0.5) is 49.5 Å². The van der Waals surface area contributed by atoms with Gasteiger partial charge in [0.15, 0.2) is 17.2 Å². The highest BCUT2D eigenvalue weighted by Gasteiger charge is 2.42. The van der Waals surface area contributed by atoms with E-state index in [4.69, 9.17) is 9.15 Å². The molecule has 0 saturated carbocycles. The monoisotopic (exact) mass is 529 g/mol. The van der Waals surface area contributed by atoms with Crippen LogP contribution in [0.3, 0.4) is 0 Å². The Morgan fingerprint density at radius 1 is 1.11 bits per heavy atom. The number of carbonyl (C=O) groups is 1. The van der Waals surface area contributed by atoms with Crippen LogP contribution in [-0.4, -0.2) is 34.0 Å². The third kappa shape index (κ3) is 5.57. The number of nitrogens with one attached hydrogen (secondary N) is 2. The van der Waals surface area contributed by atoms with E-state index in [0.717, 1.165) is 30.5 Å². The van der Waals surface area contributed by atoms with Gasteiger partial charge in [0, 0.05) is 23.0 Å². The van der Waals surface area contributed by atoms with Crippen molar-refractivity contribution in [3.63, 3.8) is 0 Å². The van der Waals surface area contributed by atoms with Crippen LogP contribution < -0.4 is 26.0 Å². The van der Waals surface area contributed by atoms with Crippen molar-refractivity contribution in [2.45, 2.75) is 12.6 Å². The zero-order valence-corrected chi connectivity index (χ0v) is 18.3. The average molecular weight is 529 g/mol. The van der Waals surface area contributed by atoms with Gasteiger partial charge in [0.05, 0.1) is 13.3 Å². The molecule has 0 bridgehead atoms. The maximum Gasteiger partial charge on any atom is 0.493 e. The lowest BCUT2D eigenvalue weighted by Gasteiger charge is -2.12. The summed E-state index contributed by atoms with van der Waals surface area (Å²) < 4.78 is 88.0. The molecule has 0 aliphatic carbocycles. The number of benzene rings is 2. The van der Waals surface area contributed by atoms with E-state index >= 15 is 0 Å². The van der Waals surface area contributed by atoms with E-state index in [1.54, 1.807) is 0 Å². The van der Waals surface area contributed by atoms with E-state index < -0.39 is 36.0 Å². The highest BCUT2D eigenvalue weighted by molar-refractivity contribution is 5.81. The lowest BCUT2D eigenvalue weighted by molar-refractivity contribution is -0.200. The van der Waals surface area contributed by atoms with Crippen molar-refractivity contribution in [3.8, 4) is 5.75 Å². The second-order valence-electron chi connectivity index (χ2n) is 7.16. The molecular weight excluding hydrogens is 516 g/mol. The summed E-state index contributed by atoms with van der Waals surface area (Å²) in [7, 11) is 1.28. The van der Waals surface area contributed by atoms with Crippen molar-refractivity contribution in [2.75, 3.05) is 17.7 Å². The molecule has 2 N–H and O–H groups in total. The molecule has 0 radical (unpaired) electrons. The fourth-order valence-corrected chi connectivity index (χ4v) is 3.01. The molecule has 4 aromatic rings. The molecule has 2 aromatic carbocycles. The van der Waals surface area contributed by atoms with E-state index in [1.807, 2.05) is 0 Å². The minimum atomic E-state index is -5.38. The number of carbonyl (C=O) groups excluding carboxylic acids is 1. The maximum atomic E-state index is 14.4. The van der Waals surface area contributed by atoms with Crippen LogP contribution in [0, 0.1) is 5.82 Å². The summed E-state index contributed by atoms with van der Waals surface area (Å²) in [6, 6.07) is 7.08. The van der Waals surface area contributed by atoms with Crippen LogP contribution in [0.5, 0.6) is 5.75 Å². The van der Waals surface area contributed by atoms with Crippen molar-refractivity contribution >= 4 is 40.2 Å². The summed E-state index contributed by atoms with van der Waals surface area (Å²) in [5.74, 6) is -5.56. The number of aromatic nitrogens is 3. The largest absolute Gasteiger partial charge is 0.497 e. The smallest absolute Gasteiger partial charge is 0.493 e. The molecule has 2 heterocycles. The lowest BCUT2D eigenvalue weighted by Crippen LogP contribution is -2.36. The van der Waals surface area contributed by atoms with Crippen LogP contribution in [0.15, 0.2) is 51.8 Å². The Morgan fingerprint density at radius 2 is 1.86 bits per heavy atom. The van der Waals surface area contributed by atoms with Crippen LogP contribution in [-0.2, 0) is 4.79 Å². The molecule has 194 valence electrons. The zero-order chi connectivity index (χ0) is 26.9. The van der Waals surface area contributed by atoms with Gasteiger partial charge in [-0.25, -0.2) is 27.7 Å². The Bertz CT molecular complexity index is 1530. The average Bonchev–Trinajstić information content (AvgIpc) is 3.14. The fraction of sp³-hybridized carbons (Fsp3) is 0.143. The Morgan fingerprint density at radius 3 is 2.54 bits per heavy atom. The number of oxazole rings is 1. The fourth-order valence-electron chi connectivity index (χ4n) is 3.01. The number of nitrogens with zero attached hydrogens (tertiary/aromatic N) is 3. The van der Waals surface area contributed by atoms with Crippen LogP contribution in [0.2, 0.25) is 0 Å². The number of fused-ring (bicyclic) bond motifs is 1. The van der Waals surface area contributed by atoms with Gasteiger partial charge in [-0.05, 0) is 30.3 Å². The van der Waals surface area contributed by atoms with Gasteiger partial charge in [-0.3, -0.25) is 0 Å². The molecule has 16 heteroatoms. The van der Waals surface area contributed by atoms with Crippen LogP contribution in [0.25, 0.3) is 11.1 Å². The molecular formula is C21H13F6N5O5. The van der Waals surface area contributed by atoms with Crippen molar-refractivity contribution in [1.82, 2.24) is 14.7 Å². The SMILES string of the molecule is COc1cc(Nc2ncc(F)c(Nc3ccc4oc(=O)n(OC(=O)C(F)(F)F)c4c3)n2)cc(C(F)F)c1. The van der Waals surface area contributed by atoms with E-state index in [2.05, 4.69) is 25.4 Å². The topological polar surface area (TPSA) is 121 Å². The molecule has 37 heavy (non-hydrogen) atoms. The first-order valence-electron chi connectivity index (χ1n) is 9.93. The second kappa shape index (κ2) is 9.71. The van der Waals surface area contributed by atoms with Gasteiger partial charge >= 0.3 is 17.9 Å². The van der Waals surface area contributed by atoms with E-state index in [0.29, 0.717) is 0 Å².